The highest BCUT2D eigenvalue weighted by molar-refractivity contribution is 6.31. The molecule has 0 spiro atoms. The van der Waals surface area contributed by atoms with Crippen molar-refractivity contribution in [3.63, 3.8) is 0 Å². The summed E-state index contributed by atoms with van der Waals surface area (Å²) in [6, 6.07) is 8.58. The van der Waals surface area contributed by atoms with E-state index in [2.05, 4.69) is 39.8 Å². The molecule has 116 valence electrons. The Labute approximate surface area is 136 Å². The number of nitrogens with zero attached hydrogens (tertiary/aromatic N) is 4. The molecule has 0 radical (unpaired) electrons. The van der Waals surface area contributed by atoms with Gasteiger partial charge < -0.3 is 4.90 Å². The van der Waals surface area contributed by atoms with Crippen LogP contribution < -0.4 is 4.90 Å². The van der Waals surface area contributed by atoms with Crippen LogP contribution in [-0.2, 0) is 6.54 Å². The van der Waals surface area contributed by atoms with Crippen LogP contribution in [0.1, 0.15) is 16.8 Å². The molecule has 1 aliphatic heterocycles. The van der Waals surface area contributed by atoms with E-state index in [1.807, 2.05) is 25.1 Å². The van der Waals surface area contributed by atoms with Gasteiger partial charge in [-0.1, -0.05) is 29.8 Å². The zero-order chi connectivity index (χ0) is 15.7. The Balaban J connectivity index is 1.61. The molecule has 0 saturated carbocycles. The van der Waals surface area contributed by atoms with Gasteiger partial charge in [-0.05, 0) is 32.5 Å². The third kappa shape index (κ3) is 2.94. The van der Waals surface area contributed by atoms with E-state index < -0.39 is 0 Å². The Morgan fingerprint density at radius 2 is 1.95 bits per heavy atom. The smallest absolute Gasteiger partial charge is 0.135 e. The molecule has 5 heteroatoms. The van der Waals surface area contributed by atoms with Crippen LogP contribution in [0.25, 0.3) is 0 Å². The number of likely N-dealkylation sites (N-methyl/N-ethyl adjacent to an activating group) is 1. The third-order valence-corrected chi connectivity index (χ3v) is 4.84. The molecule has 0 N–H and O–H groups in total. The normalized spacial score (nSPS) is 15.2. The van der Waals surface area contributed by atoms with E-state index in [1.54, 1.807) is 6.33 Å². The number of hydrogen-bond donors (Lipinski definition) is 0. The van der Waals surface area contributed by atoms with E-state index in [0.29, 0.717) is 6.04 Å². The Morgan fingerprint density at radius 1 is 1.23 bits per heavy atom. The Kier molecular flexibility index (Phi) is 4.32. The van der Waals surface area contributed by atoms with Gasteiger partial charge in [-0.3, -0.25) is 4.90 Å². The van der Waals surface area contributed by atoms with Crippen molar-refractivity contribution >= 4 is 17.4 Å². The molecule has 4 nitrogen and oxygen atoms in total. The van der Waals surface area contributed by atoms with Crippen molar-refractivity contribution in [1.82, 2.24) is 14.9 Å². The van der Waals surface area contributed by atoms with Gasteiger partial charge in [-0.15, -0.1) is 0 Å². The SMILES string of the molecule is Cc1ncnc(N2CC(N(C)Cc3ccccc3Cl)C2)c1C. The van der Waals surface area contributed by atoms with E-state index in [9.17, 15) is 0 Å². The average molecular weight is 317 g/mol. The molecule has 0 aliphatic carbocycles. The van der Waals surface area contributed by atoms with Crippen molar-refractivity contribution in [2.45, 2.75) is 26.4 Å². The minimum atomic E-state index is 0.533. The maximum absolute atomic E-state index is 6.24. The number of halogens is 1. The molecule has 1 aliphatic rings. The molecule has 0 unspecified atom stereocenters. The van der Waals surface area contributed by atoms with Gasteiger partial charge in [0.05, 0.1) is 0 Å². The molecule has 1 aromatic heterocycles. The Bertz CT molecular complexity index is 667. The van der Waals surface area contributed by atoms with E-state index in [-0.39, 0.29) is 0 Å². The fourth-order valence-corrected chi connectivity index (χ4v) is 2.97. The average Bonchev–Trinajstić information content (AvgIpc) is 2.44. The summed E-state index contributed by atoms with van der Waals surface area (Å²) in [5.74, 6) is 1.06. The van der Waals surface area contributed by atoms with E-state index in [4.69, 9.17) is 11.6 Å². The second-order valence-electron chi connectivity index (χ2n) is 5.97. The lowest BCUT2D eigenvalue weighted by molar-refractivity contribution is 0.196. The van der Waals surface area contributed by atoms with Crippen molar-refractivity contribution in [3.8, 4) is 0 Å². The summed E-state index contributed by atoms with van der Waals surface area (Å²) in [5, 5.41) is 0.841. The largest absolute Gasteiger partial charge is 0.353 e. The number of aromatic nitrogens is 2. The minimum absolute atomic E-state index is 0.533. The third-order valence-electron chi connectivity index (χ3n) is 4.47. The van der Waals surface area contributed by atoms with Crippen LogP contribution in [0.15, 0.2) is 30.6 Å². The van der Waals surface area contributed by atoms with Gasteiger partial charge in [0.1, 0.15) is 12.1 Å². The summed E-state index contributed by atoms with van der Waals surface area (Å²) >= 11 is 6.24. The van der Waals surface area contributed by atoms with Crippen molar-refractivity contribution in [1.29, 1.82) is 0 Å². The summed E-state index contributed by atoms with van der Waals surface area (Å²) in [4.78, 5) is 13.3. The summed E-state index contributed by atoms with van der Waals surface area (Å²) < 4.78 is 0. The lowest BCUT2D eigenvalue weighted by atomic mass is 10.1. The van der Waals surface area contributed by atoms with Gasteiger partial charge in [0.25, 0.3) is 0 Å². The summed E-state index contributed by atoms with van der Waals surface area (Å²) in [5.41, 5.74) is 3.41. The summed E-state index contributed by atoms with van der Waals surface area (Å²) in [6.45, 7) is 6.99. The molecule has 2 heterocycles. The van der Waals surface area contributed by atoms with E-state index in [0.717, 1.165) is 36.2 Å². The maximum atomic E-state index is 6.24. The first-order chi connectivity index (χ1) is 10.6. The molecular weight excluding hydrogens is 296 g/mol. The molecule has 22 heavy (non-hydrogen) atoms. The monoisotopic (exact) mass is 316 g/mol. The van der Waals surface area contributed by atoms with E-state index >= 15 is 0 Å². The van der Waals surface area contributed by atoms with Crippen LogP contribution in [-0.4, -0.2) is 41.0 Å². The van der Waals surface area contributed by atoms with Crippen molar-refractivity contribution in [2.24, 2.45) is 0 Å². The fourth-order valence-electron chi connectivity index (χ4n) is 2.78. The van der Waals surface area contributed by atoms with Crippen LogP contribution in [0.5, 0.6) is 0 Å². The zero-order valence-corrected chi connectivity index (χ0v) is 14.0. The van der Waals surface area contributed by atoms with Crippen LogP contribution in [0.4, 0.5) is 5.82 Å². The van der Waals surface area contributed by atoms with E-state index in [1.165, 1.54) is 11.1 Å². The van der Waals surface area contributed by atoms with Gasteiger partial charge in [0.2, 0.25) is 0 Å². The summed E-state index contributed by atoms with van der Waals surface area (Å²) in [6.07, 6.45) is 1.65. The molecule has 1 aromatic carbocycles. The van der Waals surface area contributed by atoms with Crippen LogP contribution in [0.3, 0.4) is 0 Å². The molecule has 2 aromatic rings. The summed E-state index contributed by atoms with van der Waals surface area (Å²) in [7, 11) is 2.16. The highest BCUT2D eigenvalue weighted by Crippen LogP contribution is 2.26. The lowest BCUT2D eigenvalue weighted by Gasteiger charge is -2.45. The molecule has 1 saturated heterocycles. The predicted octanol–water partition coefficient (Wildman–Crippen LogP) is 3.07. The van der Waals surface area contributed by atoms with Gasteiger partial charge in [-0.25, -0.2) is 9.97 Å². The van der Waals surface area contributed by atoms with Gasteiger partial charge >= 0.3 is 0 Å². The first-order valence-corrected chi connectivity index (χ1v) is 7.91. The highest BCUT2D eigenvalue weighted by Gasteiger charge is 2.32. The topological polar surface area (TPSA) is 32.3 Å². The number of anilines is 1. The maximum Gasteiger partial charge on any atom is 0.135 e. The Hall–Kier alpha value is -1.65. The van der Waals surface area contributed by atoms with Gasteiger partial charge in [-0.2, -0.15) is 0 Å². The van der Waals surface area contributed by atoms with Crippen molar-refractivity contribution in [3.05, 3.63) is 52.4 Å². The molecular formula is C17H21ClN4. The Morgan fingerprint density at radius 3 is 2.68 bits per heavy atom. The highest BCUT2D eigenvalue weighted by atomic mass is 35.5. The number of aryl methyl sites for hydroxylation is 1. The zero-order valence-electron chi connectivity index (χ0n) is 13.3. The molecule has 0 bridgehead atoms. The van der Waals surface area contributed by atoms with Crippen LogP contribution in [0.2, 0.25) is 5.02 Å². The minimum Gasteiger partial charge on any atom is -0.353 e. The molecule has 1 fully saturated rings. The predicted molar refractivity (Wildman–Crippen MR) is 90.4 cm³/mol. The first kappa shape index (κ1) is 15.3. The van der Waals surface area contributed by atoms with Crippen molar-refractivity contribution < 1.29 is 0 Å². The lowest BCUT2D eigenvalue weighted by Crippen LogP contribution is -2.58. The molecule has 0 amide bonds. The van der Waals surface area contributed by atoms with Gasteiger partial charge in [0.15, 0.2) is 0 Å². The standard InChI is InChI=1S/C17H21ClN4/c1-12-13(2)19-11-20-17(12)22-9-15(10-22)21(3)8-14-6-4-5-7-16(14)18/h4-7,11,15H,8-10H2,1-3H3. The number of hydrogen-bond acceptors (Lipinski definition) is 4. The van der Waals surface area contributed by atoms with Gasteiger partial charge in [0, 0.05) is 42.0 Å². The van der Waals surface area contributed by atoms with Crippen LogP contribution >= 0.6 is 11.6 Å². The molecule has 3 rings (SSSR count). The molecule has 0 atom stereocenters. The second kappa shape index (κ2) is 6.23. The quantitative estimate of drug-likeness (QED) is 0.868. The second-order valence-corrected chi connectivity index (χ2v) is 6.38. The fraction of sp³-hybridized carbons (Fsp3) is 0.412. The first-order valence-electron chi connectivity index (χ1n) is 7.53. The van der Waals surface area contributed by atoms with Crippen LogP contribution in [0, 0.1) is 13.8 Å². The van der Waals surface area contributed by atoms with Crippen molar-refractivity contribution in [2.75, 3.05) is 25.0 Å². The number of benzene rings is 1. The number of rotatable bonds is 4.